The third kappa shape index (κ3) is 2.21. The van der Waals surface area contributed by atoms with Crippen molar-refractivity contribution < 1.29 is 19.4 Å². The Morgan fingerprint density at radius 1 is 1.20 bits per heavy atom. The van der Waals surface area contributed by atoms with Crippen molar-refractivity contribution in [1.29, 1.82) is 0 Å². The minimum absolute atomic E-state index is 0.0952. The van der Waals surface area contributed by atoms with E-state index in [1.54, 1.807) is 0 Å². The molecule has 1 unspecified atom stereocenters. The van der Waals surface area contributed by atoms with Crippen molar-refractivity contribution >= 4 is 35.0 Å². The van der Waals surface area contributed by atoms with E-state index in [0.29, 0.717) is 23.3 Å². The number of hydrogen-bond acceptors (Lipinski definition) is 3. The third-order valence-corrected chi connectivity index (χ3v) is 5.98. The number of hydrogen-bond donors (Lipinski definition) is 1. The first kappa shape index (κ1) is 16.4. The fraction of sp³-hybridized carbons (Fsp3) is 0.263. The second kappa shape index (κ2) is 5.48. The van der Waals surface area contributed by atoms with Crippen LogP contribution < -0.4 is 4.74 Å². The molecule has 0 saturated carbocycles. The molecule has 128 valence electrons. The normalized spacial score (nSPS) is 24.0. The summed E-state index contributed by atoms with van der Waals surface area (Å²) in [6, 6.07) is 9.50. The second-order valence-corrected chi connectivity index (χ2v) is 7.40. The van der Waals surface area contributed by atoms with E-state index >= 15 is 0 Å². The standard InChI is InChI=1S/C19H14Cl2O4/c1-19(9-5-3-2-4-6-9)8-11-10-7-12(18(23)24)25-16(10)15(21)14(20)13(11)17(19)22/h2-6,12H,7-8H2,1H3,(H,23,24)/t12-,19?/m0/s1. The van der Waals surface area contributed by atoms with Gasteiger partial charge in [0.1, 0.15) is 10.8 Å². The summed E-state index contributed by atoms with van der Waals surface area (Å²) in [5, 5.41) is 9.52. The van der Waals surface area contributed by atoms with Gasteiger partial charge in [-0.1, -0.05) is 53.5 Å². The van der Waals surface area contributed by atoms with Crippen molar-refractivity contribution in [3.8, 4) is 5.75 Å². The van der Waals surface area contributed by atoms with E-state index < -0.39 is 17.5 Å². The minimum Gasteiger partial charge on any atom is -0.478 e. The number of ether oxygens (including phenoxy) is 1. The number of aliphatic carboxylic acids is 1. The lowest BCUT2D eigenvalue weighted by Gasteiger charge is -2.22. The molecule has 1 aliphatic heterocycles. The van der Waals surface area contributed by atoms with Crippen LogP contribution in [0.3, 0.4) is 0 Å². The monoisotopic (exact) mass is 376 g/mol. The molecule has 0 spiro atoms. The number of halogens is 2. The zero-order valence-corrected chi connectivity index (χ0v) is 14.8. The minimum atomic E-state index is -1.06. The molecule has 4 rings (SSSR count). The lowest BCUT2D eigenvalue weighted by Crippen LogP contribution is -2.29. The van der Waals surface area contributed by atoms with E-state index in [1.807, 2.05) is 37.3 Å². The molecule has 2 aromatic rings. The molecule has 4 nitrogen and oxygen atoms in total. The second-order valence-electron chi connectivity index (χ2n) is 6.64. The molecule has 6 heteroatoms. The molecule has 0 bridgehead atoms. The van der Waals surface area contributed by atoms with Crippen molar-refractivity contribution in [2.75, 3.05) is 0 Å². The van der Waals surface area contributed by atoms with Crippen LogP contribution in [-0.2, 0) is 23.1 Å². The van der Waals surface area contributed by atoms with E-state index in [4.69, 9.17) is 27.9 Å². The SMILES string of the molecule is CC1(c2ccccc2)Cc2c3c(c(Cl)c(Cl)c2C1=O)O[C@H](C(=O)O)C3. The number of ketones is 1. The smallest absolute Gasteiger partial charge is 0.345 e. The first-order chi connectivity index (χ1) is 11.8. The van der Waals surface area contributed by atoms with E-state index in [9.17, 15) is 14.7 Å². The summed E-state index contributed by atoms with van der Waals surface area (Å²) in [6.07, 6.45) is -0.379. The van der Waals surface area contributed by atoms with Gasteiger partial charge in [-0.15, -0.1) is 0 Å². The fourth-order valence-corrected chi connectivity index (χ4v) is 4.33. The Kier molecular flexibility index (Phi) is 3.60. The number of carboxylic acids is 1. The van der Waals surface area contributed by atoms with E-state index in [1.165, 1.54) is 0 Å². The van der Waals surface area contributed by atoms with Crippen LogP contribution in [0, 0.1) is 0 Å². The number of carbonyl (C=O) groups is 2. The highest BCUT2D eigenvalue weighted by atomic mass is 35.5. The highest BCUT2D eigenvalue weighted by molar-refractivity contribution is 6.45. The summed E-state index contributed by atoms with van der Waals surface area (Å²) < 4.78 is 5.49. The summed E-state index contributed by atoms with van der Waals surface area (Å²) in [4.78, 5) is 24.5. The zero-order valence-electron chi connectivity index (χ0n) is 13.3. The number of Topliss-reactive ketones (excluding diaryl/α,β-unsaturated/α-hetero) is 1. The predicted molar refractivity (Wildman–Crippen MR) is 94.0 cm³/mol. The zero-order chi connectivity index (χ0) is 17.9. The number of benzene rings is 2. The van der Waals surface area contributed by atoms with Gasteiger partial charge in [0.25, 0.3) is 0 Å². The summed E-state index contributed by atoms with van der Waals surface area (Å²) in [5.74, 6) is -0.864. The Morgan fingerprint density at radius 2 is 1.88 bits per heavy atom. The van der Waals surface area contributed by atoms with E-state index in [-0.39, 0.29) is 22.2 Å². The number of fused-ring (bicyclic) bond motifs is 3. The molecule has 25 heavy (non-hydrogen) atoms. The van der Waals surface area contributed by atoms with E-state index in [2.05, 4.69) is 0 Å². The van der Waals surface area contributed by atoms with E-state index in [0.717, 1.165) is 11.1 Å². The maximum atomic E-state index is 13.2. The Hall–Kier alpha value is -2.04. The van der Waals surface area contributed by atoms with Gasteiger partial charge < -0.3 is 9.84 Å². The van der Waals surface area contributed by atoms with Gasteiger partial charge in [0.05, 0.1) is 10.4 Å². The molecule has 0 radical (unpaired) electrons. The lowest BCUT2D eigenvalue weighted by molar-refractivity contribution is -0.144. The number of carboxylic acid groups (broad SMARTS) is 1. The Labute approximate surface area is 154 Å². The van der Waals surface area contributed by atoms with Gasteiger partial charge in [-0.2, -0.15) is 0 Å². The Balaban J connectivity index is 1.90. The fourth-order valence-electron chi connectivity index (χ4n) is 3.79. The maximum Gasteiger partial charge on any atom is 0.345 e. The molecule has 0 saturated heterocycles. The quantitative estimate of drug-likeness (QED) is 0.857. The lowest BCUT2D eigenvalue weighted by atomic mass is 9.79. The van der Waals surface area contributed by atoms with Crippen molar-refractivity contribution in [2.24, 2.45) is 0 Å². The molecule has 0 amide bonds. The molecule has 1 heterocycles. The summed E-state index contributed by atoms with van der Waals surface area (Å²) in [5.41, 5.74) is 1.97. The van der Waals surface area contributed by atoms with Crippen LogP contribution in [0.2, 0.25) is 10.0 Å². The van der Waals surface area contributed by atoms with Crippen LogP contribution >= 0.6 is 23.2 Å². The Morgan fingerprint density at radius 3 is 2.52 bits per heavy atom. The third-order valence-electron chi connectivity index (χ3n) is 5.15. The maximum absolute atomic E-state index is 13.2. The van der Waals surface area contributed by atoms with Gasteiger partial charge in [0, 0.05) is 17.5 Å². The van der Waals surface area contributed by atoms with Gasteiger partial charge in [-0.05, 0) is 24.5 Å². The molecular formula is C19H14Cl2O4. The summed E-state index contributed by atoms with van der Waals surface area (Å²) in [7, 11) is 0. The molecule has 0 aromatic heterocycles. The topological polar surface area (TPSA) is 63.6 Å². The van der Waals surface area contributed by atoms with Crippen molar-refractivity contribution in [3.63, 3.8) is 0 Å². The van der Waals surface area contributed by atoms with Gasteiger partial charge in [-0.25, -0.2) is 4.79 Å². The first-order valence-electron chi connectivity index (χ1n) is 7.87. The Bertz CT molecular complexity index is 923. The molecule has 2 atom stereocenters. The average Bonchev–Trinajstić information content (AvgIpc) is 3.15. The first-order valence-corrected chi connectivity index (χ1v) is 8.62. The van der Waals surface area contributed by atoms with Crippen molar-refractivity contribution in [1.82, 2.24) is 0 Å². The van der Waals surface area contributed by atoms with Crippen molar-refractivity contribution in [2.45, 2.75) is 31.3 Å². The summed E-state index contributed by atoms with van der Waals surface area (Å²) in [6.45, 7) is 1.88. The molecule has 0 fully saturated rings. The van der Waals surface area contributed by atoms with Crippen LogP contribution in [-0.4, -0.2) is 23.0 Å². The van der Waals surface area contributed by atoms with Crippen LogP contribution in [0.1, 0.15) is 34.0 Å². The molecule has 2 aromatic carbocycles. The molecule has 2 aliphatic rings. The van der Waals surface area contributed by atoms with Gasteiger partial charge in [0.15, 0.2) is 11.9 Å². The van der Waals surface area contributed by atoms with Crippen LogP contribution in [0.15, 0.2) is 30.3 Å². The van der Waals surface area contributed by atoms with Crippen LogP contribution in [0.25, 0.3) is 0 Å². The highest BCUT2D eigenvalue weighted by Crippen LogP contribution is 2.51. The largest absolute Gasteiger partial charge is 0.478 e. The number of carbonyl (C=O) groups excluding carboxylic acids is 1. The molecular weight excluding hydrogens is 363 g/mol. The average molecular weight is 377 g/mol. The molecule has 1 aliphatic carbocycles. The number of rotatable bonds is 2. The predicted octanol–water partition coefficient (Wildman–Crippen LogP) is 4.08. The molecule has 1 N–H and O–H groups in total. The van der Waals surface area contributed by atoms with Gasteiger partial charge in [-0.3, -0.25) is 4.79 Å². The van der Waals surface area contributed by atoms with Crippen LogP contribution in [0.5, 0.6) is 5.75 Å². The highest BCUT2D eigenvalue weighted by Gasteiger charge is 2.48. The van der Waals surface area contributed by atoms with Gasteiger partial charge >= 0.3 is 5.97 Å². The summed E-state index contributed by atoms with van der Waals surface area (Å²) >= 11 is 12.7. The van der Waals surface area contributed by atoms with Crippen molar-refractivity contribution in [3.05, 3.63) is 62.6 Å². The van der Waals surface area contributed by atoms with Crippen LogP contribution in [0.4, 0.5) is 0 Å². The van der Waals surface area contributed by atoms with Gasteiger partial charge in [0.2, 0.25) is 0 Å².